The van der Waals surface area contributed by atoms with E-state index in [1.165, 1.54) is 6.92 Å². The molecule has 7 rings (SSSR count). The van der Waals surface area contributed by atoms with E-state index in [9.17, 15) is 121 Å². The van der Waals surface area contributed by atoms with Gasteiger partial charge in [0, 0.05) is 34.4 Å². The summed E-state index contributed by atoms with van der Waals surface area (Å²) in [5.41, 5.74) is -3.09. The Morgan fingerprint density at radius 1 is 0.523 bits per heavy atom. The van der Waals surface area contributed by atoms with Crippen LogP contribution < -0.4 is 10.5 Å². The minimum absolute atomic E-state index is 0.0570. The van der Waals surface area contributed by atoms with E-state index in [1.54, 1.807) is 0 Å². The lowest BCUT2D eigenvalue weighted by Crippen LogP contribution is -2.08. The van der Waals surface area contributed by atoms with Crippen molar-refractivity contribution in [3.8, 4) is 17.2 Å². The Labute approximate surface area is 492 Å². The number of nitro groups is 1. The molecule has 0 fully saturated rings. The number of aromatic carboxylic acids is 1. The molecular weight excluding hydrogens is 1330 g/mol. The van der Waals surface area contributed by atoms with Crippen molar-refractivity contribution in [3.63, 3.8) is 0 Å². The lowest BCUT2D eigenvalue weighted by atomic mass is 10.0. The van der Waals surface area contributed by atoms with Gasteiger partial charge in [0.15, 0.2) is 11.5 Å². The van der Waals surface area contributed by atoms with Crippen molar-refractivity contribution in [2.45, 2.75) is 42.7 Å². The number of nitrogens with zero attached hydrogens (tertiary/aromatic N) is 9. The Hall–Kier alpha value is -9.10. The average molecular weight is 1360 g/mol. The van der Waals surface area contributed by atoms with Gasteiger partial charge in [-0.3, -0.25) is 42.0 Å². The van der Waals surface area contributed by atoms with E-state index in [4.69, 9.17) is 10.5 Å². The third-order valence-corrected chi connectivity index (χ3v) is 17.7. The van der Waals surface area contributed by atoms with Crippen LogP contribution in [0.3, 0.4) is 0 Å². The van der Waals surface area contributed by atoms with E-state index < -0.39 is 225 Å². The molecular formula is C43H34N10O28S7. The van der Waals surface area contributed by atoms with Gasteiger partial charge in [0.1, 0.15) is 70.0 Å². The first kappa shape index (κ1) is 66.4. The Balaban J connectivity index is 1.39. The number of anilines is 1. The molecule has 0 aliphatic rings. The van der Waals surface area contributed by atoms with Crippen molar-refractivity contribution >= 4 is 155 Å². The van der Waals surface area contributed by atoms with Crippen LogP contribution in [0.25, 0.3) is 21.5 Å². The first-order chi connectivity index (χ1) is 40.4. The summed E-state index contributed by atoms with van der Waals surface area (Å²) in [6.07, 6.45) is -0.403. The number of carboxylic acid groups (broad SMARTS) is 1. The number of nitro benzene ring substituents is 1. The minimum atomic E-state index is -5.78. The molecule has 45 heteroatoms. The van der Waals surface area contributed by atoms with Gasteiger partial charge in [-0.25, -0.2) is 4.79 Å². The van der Waals surface area contributed by atoms with Gasteiger partial charge in [-0.15, -0.1) is 35.8 Å². The standard InChI is InChI=1S/C43H34N10O28S7/c1-18-11-29(31(81-9-2-10-82(60,61)62)16-28(18)48-45-25-7-4-20(83(63,64)65)13-23(25)43(56)57)49-51-38-34(86(72,73)74)14-22-21(40(38)54)5-8-27(42(22)88(78,79)80)47-50-30-17-32(84(66,67)68)24-15-35(87(75,76)77)39(41(55)36(24)37(30)44)52-46-26-6-3-19(53(58)59)12-33(26)85(69,70)71/h3-8,11-17,54-55H,2,9-10,44H2,1H3,(H,56,57)(H,60,61,62)(H,63,64,65)(H,66,67,68)(H,69,70,71)(H,72,73,74)(H,75,76,77)(H,78,79,80). The van der Waals surface area contributed by atoms with Crippen molar-refractivity contribution < 1.29 is 121 Å². The van der Waals surface area contributed by atoms with Crippen LogP contribution in [0.5, 0.6) is 17.2 Å². The van der Waals surface area contributed by atoms with Crippen molar-refractivity contribution in [3.05, 3.63) is 100 Å². The summed E-state index contributed by atoms with van der Waals surface area (Å²) in [4.78, 5) is 14.1. The lowest BCUT2D eigenvalue weighted by Gasteiger charge is -2.15. The summed E-state index contributed by atoms with van der Waals surface area (Å²) in [6, 6.07) is 8.19. The highest BCUT2D eigenvalue weighted by molar-refractivity contribution is 7.87. The molecule has 38 nitrogen and oxygen atoms in total. The Morgan fingerprint density at radius 3 is 1.58 bits per heavy atom. The number of benzene rings is 7. The normalized spacial score (nSPS) is 13.2. The van der Waals surface area contributed by atoms with E-state index >= 15 is 0 Å². The zero-order valence-corrected chi connectivity index (χ0v) is 48.6. The minimum Gasteiger partial charge on any atom is -0.505 e. The van der Waals surface area contributed by atoms with Gasteiger partial charge < -0.3 is 25.8 Å². The number of nitrogen functional groups attached to an aromatic ring is 1. The molecule has 466 valence electrons. The number of aromatic hydroxyl groups is 2. The molecule has 0 aliphatic carbocycles. The molecule has 0 heterocycles. The van der Waals surface area contributed by atoms with E-state index in [0.29, 0.717) is 42.5 Å². The summed E-state index contributed by atoms with van der Waals surface area (Å²) in [7, 11) is -37.7. The van der Waals surface area contributed by atoms with Crippen molar-refractivity contribution in [1.82, 2.24) is 0 Å². The molecule has 0 atom stereocenters. The van der Waals surface area contributed by atoms with Crippen LogP contribution in [-0.4, -0.2) is 129 Å². The zero-order chi connectivity index (χ0) is 65.8. The number of phenolic OH excluding ortho intramolecular Hbond substituents is 2. The molecule has 0 spiro atoms. The van der Waals surface area contributed by atoms with Gasteiger partial charge in [-0.05, 0) is 79.6 Å². The van der Waals surface area contributed by atoms with Crippen molar-refractivity contribution in [1.29, 1.82) is 0 Å². The SMILES string of the molecule is Cc1cc(N=Nc2c(S(=O)(=O)O)cc3c(S(=O)(=O)O)c(N=Nc4cc(S(=O)(=O)O)c5cc(S(=O)(=O)O)c(N=Nc6ccc([N+](=O)[O-])cc6S(=O)(=O)O)c(O)c5c4N)ccc3c2O)c(OCCCS(=O)(=O)O)cc1N=Nc1ccc(S(=O)(=O)O)cc1C(=O)O. The highest BCUT2D eigenvalue weighted by Crippen LogP contribution is 2.50. The number of hydrogen-bond acceptors (Lipinski definition) is 29. The van der Waals surface area contributed by atoms with Gasteiger partial charge in [0.25, 0.3) is 76.5 Å². The van der Waals surface area contributed by atoms with Crippen LogP contribution in [-0.2, 0) is 70.8 Å². The van der Waals surface area contributed by atoms with Crippen LogP contribution in [0.1, 0.15) is 22.3 Å². The number of nitrogens with two attached hydrogens (primary N) is 1. The van der Waals surface area contributed by atoms with Crippen LogP contribution >= 0.6 is 0 Å². The maximum atomic E-state index is 13.2. The summed E-state index contributed by atoms with van der Waals surface area (Å²) >= 11 is 0. The number of hydrogen-bond donors (Lipinski definition) is 11. The number of fused-ring (bicyclic) bond motifs is 2. The Morgan fingerprint density at radius 2 is 1.03 bits per heavy atom. The van der Waals surface area contributed by atoms with Crippen molar-refractivity contribution in [2.24, 2.45) is 40.9 Å². The third kappa shape index (κ3) is 14.6. The number of carbonyl (C=O) groups is 1. The number of carboxylic acids is 1. The first-order valence-electron chi connectivity index (χ1n) is 22.7. The van der Waals surface area contributed by atoms with Crippen LogP contribution in [0, 0.1) is 17.0 Å². The molecule has 0 aliphatic heterocycles. The van der Waals surface area contributed by atoms with E-state index in [1.807, 2.05) is 0 Å². The Bertz CT molecular complexity index is 5180. The zero-order valence-electron chi connectivity index (χ0n) is 42.9. The smallest absolute Gasteiger partial charge is 0.338 e. The molecule has 0 unspecified atom stereocenters. The fraction of sp³-hybridized carbons (Fsp3) is 0.0930. The predicted molar refractivity (Wildman–Crippen MR) is 295 cm³/mol. The van der Waals surface area contributed by atoms with Gasteiger partial charge in [0.2, 0.25) is 0 Å². The first-order valence-corrected chi connectivity index (χ1v) is 33.0. The summed E-state index contributed by atoms with van der Waals surface area (Å²) in [5, 5.41) is 69.7. The van der Waals surface area contributed by atoms with E-state index in [2.05, 4.69) is 40.9 Å². The van der Waals surface area contributed by atoms with Gasteiger partial charge in [-0.1, -0.05) is 0 Å². The molecule has 0 saturated carbocycles. The maximum absolute atomic E-state index is 13.2. The quantitative estimate of drug-likeness (QED) is 0.00819. The number of aryl methyl sites for hydroxylation is 1. The molecule has 88 heavy (non-hydrogen) atoms. The summed E-state index contributed by atoms with van der Waals surface area (Å²) in [5.74, 6) is -5.89. The maximum Gasteiger partial charge on any atom is 0.338 e. The molecule has 0 radical (unpaired) electrons. The lowest BCUT2D eigenvalue weighted by molar-refractivity contribution is -0.385. The predicted octanol–water partition coefficient (Wildman–Crippen LogP) is 7.70. The monoisotopic (exact) mass is 1360 g/mol. The van der Waals surface area contributed by atoms with Gasteiger partial charge >= 0.3 is 5.97 Å². The topological polar surface area (TPSA) is 636 Å². The fourth-order valence-electron chi connectivity index (χ4n) is 7.77. The van der Waals surface area contributed by atoms with Crippen LogP contribution in [0.4, 0.5) is 56.9 Å². The molecule has 0 amide bonds. The molecule has 0 saturated heterocycles. The molecule has 0 aromatic heterocycles. The molecule has 7 aromatic carbocycles. The summed E-state index contributed by atoms with van der Waals surface area (Å²) in [6.45, 7) is 0.788. The van der Waals surface area contributed by atoms with Gasteiger partial charge in [0.05, 0.1) is 44.5 Å². The number of rotatable bonds is 21. The molecule has 0 bridgehead atoms. The van der Waals surface area contributed by atoms with Crippen molar-refractivity contribution in [2.75, 3.05) is 18.1 Å². The van der Waals surface area contributed by atoms with Gasteiger partial charge in [-0.2, -0.15) is 64.0 Å². The highest BCUT2D eigenvalue weighted by Gasteiger charge is 2.32. The largest absolute Gasteiger partial charge is 0.505 e. The average Bonchev–Trinajstić information content (AvgIpc) is 0.757. The van der Waals surface area contributed by atoms with Crippen LogP contribution in [0.15, 0.2) is 149 Å². The number of ether oxygens (including phenoxy) is 1. The van der Waals surface area contributed by atoms with Crippen LogP contribution in [0.2, 0.25) is 0 Å². The second-order valence-corrected chi connectivity index (χ2v) is 27.4. The molecule has 12 N–H and O–H groups in total. The van der Waals surface area contributed by atoms with E-state index in [-0.39, 0.29) is 17.3 Å². The number of azo groups is 4. The molecule has 7 aromatic rings. The number of phenols is 2. The fourth-order valence-corrected chi connectivity index (χ4v) is 12.2. The summed E-state index contributed by atoms with van der Waals surface area (Å²) < 4.78 is 249. The third-order valence-electron chi connectivity index (χ3n) is 11.6. The Kier molecular flexibility index (Phi) is 18.0. The van der Waals surface area contributed by atoms with E-state index in [0.717, 1.165) is 30.3 Å². The number of non-ortho nitro benzene ring substituents is 1. The second kappa shape index (κ2) is 23.9. The second-order valence-electron chi connectivity index (χ2n) is 17.5. The highest BCUT2D eigenvalue weighted by atomic mass is 32.2.